The van der Waals surface area contributed by atoms with Crippen LogP contribution in [0, 0.1) is 5.82 Å². The Kier molecular flexibility index (Phi) is 6.54. The Balaban J connectivity index is 1.59. The molecule has 0 saturated heterocycles. The lowest BCUT2D eigenvalue weighted by atomic mass is 10.1. The summed E-state index contributed by atoms with van der Waals surface area (Å²) in [5, 5.41) is 5.53. The van der Waals surface area contributed by atoms with Gasteiger partial charge in [0.2, 0.25) is 0 Å². The number of anilines is 1. The van der Waals surface area contributed by atoms with Gasteiger partial charge < -0.3 is 15.4 Å². The van der Waals surface area contributed by atoms with Gasteiger partial charge in [0.1, 0.15) is 5.82 Å². The van der Waals surface area contributed by atoms with E-state index in [1.165, 1.54) is 43.5 Å². The summed E-state index contributed by atoms with van der Waals surface area (Å²) in [5.74, 6) is -1.54. The fourth-order valence-electron chi connectivity index (χ4n) is 2.72. The van der Waals surface area contributed by atoms with Gasteiger partial charge in [-0.1, -0.05) is 12.1 Å². The van der Waals surface area contributed by atoms with Gasteiger partial charge in [-0.2, -0.15) is 0 Å². The van der Waals surface area contributed by atoms with E-state index >= 15 is 0 Å². The third-order valence-electron chi connectivity index (χ3n) is 4.31. The van der Waals surface area contributed by atoms with Crippen molar-refractivity contribution < 1.29 is 23.5 Å². The number of methoxy groups -OCH3 is 1. The molecule has 0 saturated carbocycles. The average Bonchev–Trinajstić information content (AvgIpc) is 2.77. The van der Waals surface area contributed by atoms with E-state index in [9.17, 15) is 18.8 Å². The fraction of sp³-hybridized carbons (Fsp3) is 0.0870. The summed E-state index contributed by atoms with van der Waals surface area (Å²) in [6.45, 7) is 0.248. The molecule has 152 valence electrons. The smallest absolute Gasteiger partial charge is 0.337 e. The number of hydrogen-bond acceptors (Lipinski definition) is 4. The normalized spacial score (nSPS) is 10.2. The highest BCUT2D eigenvalue weighted by Crippen LogP contribution is 2.13. The van der Waals surface area contributed by atoms with E-state index in [4.69, 9.17) is 0 Å². The number of ether oxygens (including phenoxy) is 1. The van der Waals surface area contributed by atoms with Gasteiger partial charge in [0, 0.05) is 23.4 Å². The van der Waals surface area contributed by atoms with Gasteiger partial charge in [0.25, 0.3) is 11.8 Å². The van der Waals surface area contributed by atoms with Crippen LogP contribution in [-0.2, 0) is 11.3 Å². The third kappa shape index (κ3) is 5.29. The van der Waals surface area contributed by atoms with Gasteiger partial charge in [0.05, 0.1) is 12.7 Å². The summed E-state index contributed by atoms with van der Waals surface area (Å²) in [5.41, 5.74) is 2.44. The van der Waals surface area contributed by atoms with Crippen molar-refractivity contribution in [2.24, 2.45) is 0 Å². The van der Waals surface area contributed by atoms with Crippen LogP contribution in [0.15, 0.2) is 72.8 Å². The zero-order chi connectivity index (χ0) is 21.5. The topological polar surface area (TPSA) is 84.5 Å². The standard InChI is InChI=1S/C23H19FN2O4/c1-30-23(29)18-7-5-16(6-8-18)21(27)25-14-15-3-2-4-20(13-15)26-22(28)17-9-11-19(24)12-10-17/h2-13H,14H2,1H3,(H,25,27)(H,26,28). The average molecular weight is 406 g/mol. The van der Waals surface area contributed by atoms with Crippen LogP contribution in [0.5, 0.6) is 0 Å². The molecule has 0 radical (unpaired) electrons. The number of esters is 1. The maximum Gasteiger partial charge on any atom is 0.337 e. The molecule has 7 heteroatoms. The predicted octanol–water partition coefficient (Wildman–Crippen LogP) is 3.79. The lowest BCUT2D eigenvalue weighted by Gasteiger charge is -2.09. The maximum atomic E-state index is 13.0. The van der Waals surface area contributed by atoms with Crippen molar-refractivity contribution in [1.82, 2.24) is 5.32 Å². The molecule has 30 heavy (non-hydrogen) atoms. The van der Waals surface area contributed by atoms with Crippen LogP contribution in [0.3, 0.4) is 0 Å². The minimum atomic E-state index is -0.471. The monoisotopic (exact) mass is 406 g/mol. The number of carbonyl (C=O) groups is 3. The van der Waals surface area contributed by atoms with Crippen LogP contribution >= 0.6 is 0 Å². The zero-order valence-corrected chi connectivity index (χ0v) is 16.1. The van der Waals surface area contributed by atoms with Crippen molar-refractivity contribution in [3.63, 3.8) is 0 Å². The molecule has 0 atom stereocenters. The molecule has 0 bridgehead atoms. The fourth-order valence-corrected chi connectivity index (χ4v) is 2.72. The van der Waals surface area contributed by atoms with Crippen molar-refractivity contribution >= 4 is 23.5 Å². The number of amides is 2. The first kappa shape index (κ1) is 20.7. The van der Waals surface area contributed by atoms with Crippen molar-refractivity contribution in [2.75, 3.05) is 12.4 Å². The molecular formula is C23H19FN2O4. The van der Waals surface area contributed by atoms with Gasteiger partial charge in [-0.05, 0) is 66.2 Å². The number of carbonyl (C=O) groups excluding carboxylic acids is 3. The summed E-state index contributed by atoms with van der Waals surface area (Å²) in [7, 11) is 1.29. The molecular weight excluding hydrogens is 387 g/mol. The lowest BCUT2D eigenvalue weighted by Crippen LogP contribution is -2.23. The van der Waals surface area contributed by atoms with E-state index in [0.29, 0.717) is 22.4 Å². The number of halogens is 1. The highest BCUT2D eigenvalue weighted by molar-refractivity contribution is 6.04. The molecule has 0 fully saturated rings. The number of nitrogens with one attached hydrogen (secondary N) is 2. The van der Waals surface area contributed by atoms with Gasteiger partial charge in [-0.15, -0.1) is 0 Å². The van der Waals surface area contributed by atoms with Crippen molar-refractivity contribution in [1.29, 1.82) is 0 Å². The van der Waals surface area contributed by atoms with Gasteiger partial charge in [-0.3, -0.25) is 9.59 Å². The summed E-state index contributed by atoms with van der Waals surface area (Å²) in [6.07, 6.45) is 0. The van der Waals surface area contributed by atoms with Crippen LogP contribution in [0.2, 0.25) is 0 Å². The minimum absolute atomic E-state index is 0.248. The summed E-state index contributed by atoms with van der Waals surface area (Å²) >= 11 is 0. The zero-order valence-electron chi connectivity index (χ0n) is 16.1. The first-order valence-corrected chi connectivity index (χ1v) is 9.08. The second-order valence-corrected chi connectivity index (χ2v) is 6.41. The second-order valence-electron chi connectivity index (χ2n) is 6.41. The molecule has 0 spiro atoms. The van der Waals surface area contributed by atoms with Gasteiger partial charge in [0.15, 0.2) is 0 Å². The summed E-state index contributed by atoms with van der Waals surface area (Å²) in [4.78, 5) is 36.0. The molecule has 0 aliphatic heterocycles. The Labute approximate surface area is 172 Å². The maximum absolute atomic E-state index is 13.0. The molecule has 6 nitrogen and oxygen atoms in total. The lowest BCUT2D eigenvalue weighted by molar-refractivity contribution is 0.0600. The Morgan fingerprint density at radius 1 is 0.833 bits per heavy atom. The molecule has 2 amide bonds. The van der Waals surface area contributed by atoms with Crippen LogP contribution in [0.1, 0.15) is 36.6 Å². The molecule has 0 aliphatic rings. The van der Waals surface area contributed by atoms with Gasteiger partial charge >= 0.3 is 5.97 Å². The van der Waals surface area contributed by atoms with E-state index in [0.717, 1.165) is 5.56 Å². The van der Waals surface area contributed by atoms with Crippen molar-refractivity contribution in [3.8, 4) is 0 Å². The number of benzene rings is 3. The molecule has 0 aliphatic carbocycles. The highest BCUT2D eigenvalue weighted by Gasteiger charge is 2.10. The molecule has 3 aromatic rings. The SMILES string of the molecule is COC(=O)c1ccc(C(=O)NCc2cccc(NC(=O)c3ccc(F)cc3)c2)cc1. The highest BCUT2D eigenvalue weighted by atomic mass is 19.1. The van der Waals surface area contributed by atoms with Crippen molar-refractivity contribution in [2.45, 2.75) is 6.54 Å². The van der Waals surface area contributed by atoms with E-state index in [-0.39, 0.29) is 18.4 Å². The van der Waals surface area contributed by atoms with Crippen molar-refractivity contribution in [3.05, 3.63) is 101 Å². The summed E-state index contributed by atoms with van der Waals surface area (Å²) in [6, 6.07) is 18.4. The van der Waals surface area contributed by atoms with Crippen LogP contribution in [-0.4, -0.2) is 24.9 Å². The predicted molar refractivity (Wildman–Crippen MR) is 110 cm³/mol. The molecule has 3 rings (SSSR count). The Morgan fingerprint density at radius 2 is 1.43 bits per heavy atom. The second kappa shape index (κ2) is 9.47. The minimum Gasteiger partial charge on any atom is -0.465 e. The molecule has 2 N–H and O–H groups in total. The Hall–Kier alpha value is -4.00. The van der Waals surface area contributed by atoms with E-state index in [1.807, 2.05) is 6.07 Å². The molecule has 0 aromatic heterocycles. The molecule has 3 aromatic carbocycles. The van der Waals surface area contributed by atoms with Gasteiger partial charge in [-0.25, -0.2) is 9.18 Å². The Morgan fingerprint density at radius 3 is 2.10 bits per heavy atom. The van der Waals surface area contributed by atoms with Crippen LogP contribution < -0.4 is 10.6 Å². The molecule has 0 unspecified atom stereocenters. The van der Waals surface area contributed by atoms with E-state index < -0.39 is 11.8 Å². The third-order valence-corrected chi connectivity index (χ3v) is 4.31. The first-order valence-electron chi connectivity index (χ1n) is 9.08. The quantitative estimate of drug-likeness (QED) is 0.610. The summed E-state index contributed by atoms with van der Waals surface area (Å²) < 4.78 is 17.6. The largest absolute Gasteiger partial charge is 0.465 e. The van der Waals surface area contributed by atoms with E-state index in [2.05, 4.69) is 15.4 Å². The number of hydrogen-bond donors (Lipinski definition) is 2. The first-order chi connectivity index (χ1) is 14.5. The van der Waals surface area contributed by atoms with Crippen LogP contribution in [0.4, 0.5) is 10.1 Å². The Bertz CT molecular complexity index is 1060. The van der Waals surface area contributed by atoms with Crippen LogP contribution in [0.25, 0.3) is 0 Å². The van der Waals surface area contributed by atoms with E-state index in [1.54, 1.807) is 30.3 Å². The number of rotatable bonds is 6. The molecule has 0 heterocycles.